The topological polar surface area (TPSA) is 122 Å². The first-order valence-electron chi connectivity index (χ1n) is 4.52. The van der Waals surface area contributed by atoms with Crippen LogP contribution in [0.15, 0.2) is 21.5 Å². The molecule has 84 valence electrons. The fraction of sp³-hybridized carbons (Fsp3) is 0.222. The van der Waals surface area contributed by atoms with Crippen LogP contribution < -0.4 is 11.5 Å². The number of aromatic nitrogens is 2. The maximum Gasteiger partial charge on any atom is 0.418 e. The Kier molecular flexibility index (Phi) is 2.45. The van der Waals surface area contributed by atoms with E-state index in [-0.39, 0.29) is 12.1 Å². The number of nitrogens with zero attached hydrogens (tertiary/aromatic N) is 1. The maximum absolute atomic E-state index is 10.8. The number of hydrogen-bond donors (Lipinski definition) is 3. The lowest BCUT2D eigenvalue weighted by molar-refractivity contribution is -0.138. The van der Waals surface area contributed by atoms with Crippen molar-refractivity contribution < 1.29 is 14.3 Å². The number of carboxylic acid groups (broad SMARTS) is 1. The van der Waals surface area contributed by atoms with Gasteiger partial charge in [0.05, 0.1) is 0 Å². The molecular weight excluding hydrogens is 214 g/mol. The van der Waals surface area contributed by atoms with E-state index in [9.17, 15) is 9.59 Å². The van der Waals surface area contributed by atoms with E-state index in [1.165, 1.54) is 6.20 Å². The standard InChI is InChI=1S/C9H9N3O4/c10-5(8(13)14)1-4-2-6-7(11-3-4)16-9(15)12-6/h2-3,5H,1,10H2,(H,12,15)(H,13,14). The Balaban J connectivity index is 2.32. The van der Waals surface area contributed by atoms with Gasteiger partial charge in [0.25, 0.3) is 0 Å². The largest absolute Gasteiger partial charge is 0.480 e. The highest BCUT2D eigenvalue weighted by atomic mass is 16.4. The summed E-state index contributed by atoms with van der Waals surface area (Å²) in [5, 5.41) is 8.64. The molecule has 0 aliphatic rings. The van der Waals surface area contributed by atoms with E-state index in [0.29, 0.717) is 11.1 Å². The molecule has 2 rings (SSSR count). The molecule has 7 heteroatoms. The molecule has 0 spiro atoms. The minimum absolute atomic E-state index is 0.144. The van der Waals surface area contributed by atoms with Gasteiger partial charge < -0.3 is 15.3 Å². The van der Waals surface area contributed by atoms with Gasteiger partial charge in [-0.25, -0.2) is 9.78 Å². The first-order chi connectivity index (χ1) is 7.56. The van der Waals surface area contributed by atoms with Crippen molar-refractivity contribution in [2.75, 3.05) is 0 Å². The molecule has 2 aromatic heterocycles. The molecule has 4 N–H and O–H groups in total. The molecule has 2 aromatic rings. The fourth-order valence-electron chi connectivity index (χ4n) is 1.34. The number of rotatable bonds is 3. The molecule has 0 aliphatic heterocycles. The first-order valence-corrected chi connectivity index (χ1v) is 4.52. The molecular formula is C9H9N3O4. The highest BCUT2D eigenvalue weighted by molar-refractivity contribution is 5.74. The number of aromatic amines is 1. The summed E-state index contributed by atoms with van der Waals surface area (Å²) >= 11 is 0. The van der Waals surface area contributed by atoms with Crippen molar-refractivity contribution in [3.05, 3.63) is 28.4 Å². The SMILES string of the molecule is NC(Cc1cnc2oc(=O)[nH]c2c1)C(=O)O. The van der Waals surface area contributed by atoms with Crippen molar-refractivity contribution in [2.45, 2.75) is 12.5 Å². The summed E-state index contributed by atoms with van der Waals surface area (Å²) in [6.45, 7) is 0. The third-order valence-corrected chi connectivity index (χ3v) is 2.11. The van der Waals surface area contributed by atoms with Gasteiger partial charge in [-0.1, -0.05) is 0 Å². The van der Waals surface area contributed by atoms with Crippen LogP contribution in [-0.4, -0.2) is 27.1 Å². The van der Waals surface area contributed by atoms with Gasteiger partial charge in [-0.15, -0.1) is 0 Å². The average Bonchev–Trinajstić information content (AvgIpc) is 2.57. The van der Waals surface area contributed by atoms with Crippen molar-refractivity contribution in [3.63, 3.8) is 0 Å². The van der Waals surface area contributed by atoms with Crippen molar-refractivity contribution in [2.24, 2.45) is 5.73 Å². The van der Waals surface area contributed by atoms with Crippen LogP contribution in [-0.2, 0) is 11.2 Å². The summed E-state index contributed by atoms with van der Waals surface area (Å²) in [4.78, 5) is 27.7. The van der Waals surface area contributed by atoms with Crippen molar-refractivity contribution >= 4 is 17.2 Å². The second kappa shape index (κ2) is 3.78. The summed E-state index contributed by atoms with van der Waals surface area (Å²) in [7, 11) is 0. The molecule has 0 amide bonds. The number of carboxylic acids is 1. The van der Waals surface area contributed by atoms with Gasteiger partial charge in [-0.3, -0.25) is 9.78 Å². The molecule has 0 bridgehead atoms. The quantitative estimate of drug-likeness (QED) is 0.642. The van der Waals surface area contributed by atoms with Crippen LogP contribution in [0.1, 0.15) is 5.56 Å². The monoisotopic (exact) mass is 223 g/mol. The lowest BCUT2D eigenvalue weighted by atomic mass is 10.1. The van der Waals surface area contributed by atoms with Crippen molar-refractivity contribution in [1.29, 1.82) is 0 Å². The number of aliphatic carboxylic acids is 1. The zero-order valence-corrected chi connectivity index (χ0v) is 8.14. The Morgan fingerprint density at radius 1 is 1.69 bits per heavy atom. The summed E-state index contributed by atoms with van der Waals surface area (Å²) in [6, 6.07) is 0.605. The number of nitrogens with one attached hydrogen (secondary N) is 1. The van der Waals surface area contributed by atoms with Gasteiger partial charge >= 0.3 is 11.7 Å². The number of hydrogen-bond acceptors (Lipinski definition) is 5. The van der Waals surface area contributed by atoms with Gasteiger partial charge in [0, 0.05) is 6.20 Å². The minimum Gasteiger partial charge on any atom is -0.480 e. The van der Waals surface area contributed by atoms with E-state index in [2.05, 4.69) is 9.97 Å². The van der Waals surface area contributed by atoms with Crippen molar-refractivity contribution in [3.8, 4) is 0 Å². The fourth-order valence-corrected chi connectivity index (χ4v) is 1.34. The Bertz CT molecular complexity index is 586. The summed E-state index contributed by atoms with van der Waals surface area (Å²) < 4.78 is 4.71. The molecule has 0 saturated heterocycles. The highest BCUT2D eigenvalue weighted by Crippen LogP contribution is 2.10. The van der Waals surface area contributed by atoms with Crippen LogP contribution in [0.2, 0.25) is 0 Å². The molecule has 0 aliphatic carbocycles. The van der Waals surface area contributed by atoms with Crippen LogP contribution in [0.5, 0.6) is 0 Å². The third kappa shape index (κ3) is 1.94. The Morgan fingerprint density at radius 2 is 2.44 bits per heavy atom. The van der Waals surface area contributed by atoms with E-state index >= 15 is 0 Å². The van der Waals surface area contributed by atoms with E-state index in [4.69, 9.17) is 15.3 Å². The van der Waals surface area contributed by atoms with E-state index in [0.717, 1.165) is 0 Å². The molecule has 7 nitrogen and oxygen atoms in total. The zero-order valence-electron chi connectivity index (χ0n) is 8.14. The highest BCUT2D eigenvalue weighted by Gasteiger charge is 2.13. The molecule has 1 unspecified atom stereocenters. The normalized spacial score (nSPS) is 12.8. The number of H-pyrrole nitrogens is 1. The molecule has 0 saturated carbocycles. The van der Waals surface area contributed by atoms with Crippen LogP contribution in [0.3, 0.4) is 0 Å². The molecule has 1 atom stereocenters. The average molecular weight is 223 g/mol. The van der Waals surface area contributed by atoms with E-state index in [1.54, 1.807) is 6.07 Å². The van der Waals surface area contributed by atoms with Gasteiger partial charge in [0.1, 0.15) is 11.6 Å². The molecule has 0 fully saturated rings. The van der Waals surface area contributed by atoms with Crippen LogP contribution >= 0.6 is 0 Å². The van der Waals surface area contributed by atoms with Gasteiger partial charge in [0.2, 0.25) is 5.71 Å². The number of fused-ring (bicyclic) bond motifs is 1. The Hall–Kier alpha value is -2.15. The predicted molar refractivity (Wildman–Crippen MR) is 53.9 cm³/mol. The molecule has 0 aromatic carbocycles. The number of oxazole rings is 1. The second-order valence-corrected chi connectivity index (χ2v) is 3.36. The van der Waals surface area contributed by atoms with E-state index in [1.807, 2.05) is 0 Å². The van der Waals surface area contributed by atoms with Crippen LogP contribution in [0.4, 0.5) is 0 Å². The first kappa shape index (κ1) is 10.4. The Morgan fingerprint density at radius 3 is 3.12 bits per heavy atom. The number of carbonyl (C=O) groups is 1. The minimum atomic E-state index is -1.08. The second-order valence-electron chi connectivity index (χ2n) is 3.36. The third-order valence-electron chi connectivity index (χ3n) is 2.11. The molecule has 2 heterocycles. The summed E-state index contributed by atoms with van der Waals surface area (Å²) in [5.74, 6) is -1.68. The number of nitrogens with two attached hydrogens (primary N) is 1. The van der Waals surface area contributed by atoms with E-state index < -0.39 is 17.8 Å². The smallest absolute Gasteiger partial charge is 0.418 e. The lowest BCUT2D eigenvalue weighted by Gasteiger charge is -2.04. The predicted octanol–water partition coefficient (Wildman–Crippen LogP) is -0.529. The molecule has 0 radical (unpaired) electrons. The summed E-state index contributed by atoms with van der Waals surface area (Å²) in [5.41, 5.74) is 6.62. The summed E-state index contributed by atoms with van der Waals surface area (Å²) in [6.07, 6.45) is 1.58. The van der Waals surface area contributed by atoms with Gasteiger partial charge in [-0.05, 0) is 18.1 Å². The van der Waals surface area contributed by atoms with Crippen LogP contribution in [0, 0.1) is 0 Å². The number of pyridine rings is 1. The van der Waals surface area contributed by atoms with Crippen molar-refractivity contribution in [1.82, 2.24) is 9.97 Å². The Labute approximate surface area is 88.9 Å². The van der Waals surface area contributed by atoms with Gasteiger partial charge in [0.15, 0.2) is 0 Å². The van der Waals surface area contributed by atoms with Gasteiger partial charge in [-0.2, -0.15) is 0 Å². The molecule has 16 heavy (non-hydrogen) atoms. The zero-order chi connectivity index (χ0) is 11.7. The van der Waals surface area contributed by atoms with Crippen LogP contribution in [0.25, 0.3) is 11.2 Å². The maximum atomic E-state index is 10.8. The lowest BCUT2D eigenvalue weighted by Crippen LogP contribution is -2.32.